The number of fused-ring (bicyclic) bond motifs is 1. The van der Waals surface area contributed by atoms with Crippen molar-refractivity contribution in [3.63, 3.8) is 0 Å². The third kappa shape index (κ3) is 2.76. The summed E-state index contributed by atoms with van der Waals surface area (Å²) in [5.41, 5.74) is 8.19. The topological polar surface area (TPSA) is 38.9 Å². The summed E-state index contributed by atoms with van der Waals surface area (Å²) in [5, 5.41) is 0.935. The van der Waals surface area contributed by atoms with Crippen molar-refractivity contribution in [3.8, 4) is 0 Å². The fourth-order valence-electron chi connectivity index (χ4n) is 2.49. The van der Waals surface area contributed by atoms with Gasteiger partial charge in [-0.05, 0) is 47.9 Å². The van der Waals surface area contributed by atoms with Crippen LogP contribution in [0.25, 0.3) is 10.9 Å². The van der Waals surface area contributed by atoms with E-state index in [1.54, 1.807) is 6.20 Å². The first kappa shape index (κ1) is 13.6. The molecule has 3 aromatic rings. The van der Waals surface area contributed by atoms with Crippen molar-refractivity contribution in [3.05, 3.63) is 77.5 Å². The van der Waals surface area contributed by atoms with Gasteiger partial charge in [0.2, 0.25) is 0 Å². The van der Waals surface area contributed by atoms with E-state index in [0.29, 0.717) is 0 Å². The fraction of sp³-hybridized carbons (Fsp3) is 0.118. The molecule has 21 heavy (non-hydrogen) atoms. The molecule has 4 heteroatoms. The van der Waals surface area contributed by atoms with Crippen LogP contribution in [0.5, 0.6) is 0 Å². The van der Waals surface area contributed by atoms with E-state index in [0.717, 1.165) is 28.6 Å². The van der Waals surface area contributed by atoms with Gasteiger partial charge in [-0.3, -0.25) is 4.98 Å². The Kier molecular flexibility index (Phi) is 3.62. The largest absolute Gasteiger partial charge is 0.324 e. The van der Waals surface area contributed by atoms with Gasteiger partial charge in [0.15, 0.2) is 0 Å². The van der Waals surface area contributed by atoms with Crippen molar-refractivity contribution in [2.45, 2.75) is 12.5 Å². The summed E-state index contributed by atoms with van der Waals surface area (Å²) in [6.45, 7) is 0. The van der Waals surface area contributed by atoms with Gasteiger partial charge in [0, 0.05) is 17.6 Å². The van der Waals surface area contributed by atoms with Gasteiger partial charge in [0.1, 0.15) is 11.6 Å². The van der Waals surface area contributed by atoms with Gasteiger partial charge >= 0.3 is 0 Å². The molecular formula is C17H14F2N2. The van der Waals surface area contributed by atoms with E-state index in [9.17, 15) is 8.78 Å². The van der Waals surface area contributed by atoms with E-state index < -0.39 is 17.7 Å². The van der Waals surface area contributed by atoms with Gasteiger partial charge in [0.25, 0.3) is 0 Å². The van der Waals surface area contributed by atoms with E-state index in [4.69, 9.17) is 5.73 Å². The number of benzene rings is 2. The van der Waals surface area contributed by atoms with Crippen LogP contribution in [0, 0.1) is 11.6 Å². The molecule has 0 aliphatic carbocycles. The zero-order chi connectivity index (χ0) is 14.8. The lowest BCUT2D eigenvalue weighted by Crippen LogP contribution is -2.15. The molecule has 1 heterocycles. The van der Waals surface area contributed by atoms with E-state index in [-0.39, 0.29) is 12.0 Å². The highest BCUT2D eigenvalue weighted by molar-refractivity contribution is 5.82. The van der Waals surface area contributed by atoms with Crippen LogP contribution in [0.1, 0.15) is 17.2 Å². The number of halogens is 2. The third-order valence-electron chi connectivity index (χ3n) is 3.53. The first-order chi connectivity index (χ1) is 10.1. The third-order valence-corrected chi connectivity index (χ3v) is 3.53. The van der Waals surface area contributed by atoms with E-state index in [1.807, 2.05) is 30.3 Å². The number of pyridine rings is 1. The molecule has 0 amide bonds. The summed E-state index contributed by atoms with van der Waals surface area (Å²) in [4.78, 5) is 4.27. The first-order valence-corrected chi connectivity index (χ1v) is 6.68. The Morgan fingerprint density at radius 1 is 1.05 bits per heavy atom. The molecule has 106 valence electrons. The zero-order valence-electron chi connectivity index (χ0n) is 11.3. The number of nitrogens with zero attached hydrogens (tertiary/aromatic N) is 1. The lowest BCUT2D eigenvalue weighted by atomic mass is 9.96. The lowest BCUT2D eigenvalue weighted by Gasteiger charge is -2.15. The Hall–Kier alpha value is -2.33. The maximum absolute atomic E-state index is 13.7. The zero-order valence-corrected chi connectivity index (χ0v) is 11.3. The summed E-state index contributed by atoms with van der Waals surface area (Å²) in [7, 11) is 0. The van der Waals surface area contributed by atoms with Gasteiger partial charge in [-0.2, -0.15) is 0 Å². The van der Waals surface area contributed by atoms with Crippen LogP contribution in [0.15, 0.2) is 54.7 Å². The molecule has 0 aliphatic heterocycles. The normalized spacial score (nSPS) is 12.5. The van der Waals surface area contributed by atoms with Gasteiger partial charge in [-0.15, -0.1) is 0 Å². The monoisotopic (exact) mass is 284 g/mol. The number of nitrogens with two attached hydrogens (primary N) is 1. The van der Waals surface area contributed by atoms with Crippen LogP contribution in [0.2, 0.25) is 0 Å². The Bertz CT molecular complexity index is 781. The maximum Gasteiger partial charge on any atom is 0.126 e. The summed E-state index contributed by atoms with van der Waals surface area (Å²) >= 11 is 0. The molecule has 1 unspecified atom stereocenters. The fourth-order valence-corrected chi connectivity index (χ4v) is 2.49. The van der Waals surface area contributed by atoms with Gasteiger partial charge in [-0.1, -0.05) is 18.2 Å². The second kappa shape index (κ2) is 5.58. The van der Waals surface area contributed by atoms with Crippen LogP contribution in [-0.2, 0) is 6.42 Å². The molecule has 0 saturated heterocycles. The van der Waals surface area contributed by atoms with Gasteiger partial charge in [0.05, 0.1) is 5.52 Å². The molecule has 0 bridgehead atoms. The molecule has 1 aromatic heterocycles. The van der Waals surface area contributed by atoms with Crippen molar-refractivity contribution in [2.24, 2.45) is 5.73 Å². The number of rotatable bonds is 3. The second-order valence-electron chi connectivity index (χ2n) is 4.96. The SMILES string of the molecule is NC(Cc1cc(F)ccc1F)c1ccnc2ccccc12. The van der Waals surface area contributed by atoms with Crippen LogP contribution < -0.4 is 5.73 Å². The molecule has 2 N–H and O–H groups in total. The van der Waals surface area contributed by atoms with Crippen molar-refractivity contribution < 1.29 is 8.78 Å². The van der Waals surface area contributed by atoms with E-state index in [1.165, 1.54) is 6.07 Å². The smallest absolute Gasteiger partial charge is 0.126 e. The minimum absolute atomic E-state index is 0.234. The molecule has 1 atom stereocenters. The summed E-state index contributed by atoms with van der Waals surface area (Å²) in [6.07, 6.45) is 1.91. The molecular weight excluding hydrogens is 270 g/mol. The molecule has 0 saturated carbocycles. The highest BCUT2D eigenvalue weighted by Crippen LogP contribution is 2.25. The van der Waals surface area contributed by atoms with Crippen LogP contribution >= 0.6 is 0 Å². The number of aromatic nitrogens is 1. The highest BCUT2D eigenvalue weighted by atomic mass is 19.1. The van der Waals surface area contributed by atoms with E-state index in [2.05, 4.69) is 4.98 Å². The summed E-state index contributed by atoms with van der Waals surface area (Å²) < 4.78 is 27.0. The summed E-state index contributed by atoms with van der Waals surface area (Å²) in [6, 6.07) is 12.5. The lowest BCUT2D eigenvalue weighted by molar-refractivity contribution is 0.573. The van der Waals surface area contributed by atoms with Crippen LogP contribution in [0.3, 0.4) is 0 Å². The number of para-hydroxylation sites is 1. The Morgan fingerprint density at radius 2 is 1.86 bits per heavy atom. The average molecular weight is 284 g/mol. The van der Waals surface area contributed by atoms with Crippen molar-refractivity contribution in [1.82, 2.24) is 4.98 Å². The highest BCUT2D eigenvalue weighted by Gasteiger charge is 2.14. The van der Waals surface area contributed by atoms with E-state index >= 15 is 0 Å². The van der Waals surface area contributed by atoms with Crippen LogP contribution in [0.4, 0.5) is 8.78 Å². The number of hydrogen-bond donors (Lipinski definition) is 1. The van der Waals surface area contributed by atoms with Gasteiger partial charge in [-0.25, -0.2) is 8.78 Å². The number of hydrogen-bond acceptors (Lipinski definition) is 2. The predicted octanol–water partition coefficient (Wildman–Crippen LogP) is 3.76. The molecule has 0 aliphatic rings. The first-order valence-electron chi connectivity index (χ1n) is 6.68. The van der Waals surface area contributed by atoms with Crippen molar-refractivity contribution in [2.75, 3.05) is 0 Å². The standard InChI is InChI=1S/C17H14F2N2/c18-12-5-6-15(19)11(9-12)10-16(20)13-7-8-21-17-4-2-1-3-14(13)17/h1-9,16H,10,20H2. The maximum atomic E-state index is 13.7. The molecule has 2 aromatic carbocycles. The molecule has 0 radical (unpaired) electrons. The Morgan fingerprint density at radius 3 is 2.71 bits per heavy atom. The molecule has 3 rings (SSSR count). The van der Waals surface area contributed by atoms with Crippen LogP contribution in [-0.4, -0.2) is 4.98 Å². The Labute approximate surface area is 121 Å². The van der Waals surface area contributed by atoms with Crippen molar-refractivity contribution in [1.29, 1.82) is 0 Å². The average Bonchev–Trinajstić information content (AvgIpc) is 2.50. The Balaban J connectivity index is 1.97. The molecule has 0 fully saturated rings. The molecule has 2 nitrogen and oxygen atoms in total. The van der Waals surface area contributed by atoms with Gasteiger partial charge < -0.3 is 5.73 Å². The minimum atomic E-state index is -0.460. The summed E-state index contributed by atoms with van der Waals surface area (Å²) in [5.74, 6) is -0.900. The second-order valence-corrected chi connectivity index (χ2v) is 4.96. The quantitative estimate of drug-likeness (QED) is 0.795. The minimum Gasteiger partial charge on any atom is -0.324 e. The predicted molar refractivity (Wildman–Crippen MR) is 78.7 cm³/mol. The van der Waals surface area contributed by atoms with Crippen molar-refractivity contribution >= 4 is 10.9 Å². The molecule has 0 spiro atoms.